The van der Waals surface area contributed by atoms with Gasteiger partial charge in [0.1, 0.15) is 12.4 Å². The van der Waals surface area contributed by atoms with Crippen molar-refractivity contribution in [2.75, 3.05) is 20.2 Å². The fourth-order valence-electron chi connectivity index (χ4n) is 1.86. The normalized spacial score (nSPS) is 14.3. The molecule has 0 aromatic heterocycles. The molecule has 1 aliphatic heterocycles. The molecule has 0 spiro atoms. The highest BCUT2D eigenvalue weighted by atomic mass is 35.5. The van der Waals surface area contributed by atoms with Crippen LogP contribution in [-0.2, 0) is 4.79 Å². The zero-order chi connectivity index (χ0) is 14.0. The molecular formula is C14H18Cl2N2O2. The molecule has 0 saturated carbocycles. The van der Waals surface area contributed by atoms with E-state index in [1.807, 2.05) is 19.1 Å². The van der Waals surface area contributed by atoms with E-state index >= 15 is 0 Å². The Morgan fingerprint density at radius 3 is 2.90 bits per heavy atom. The maximum atomic E-state index is 12.3. The Bertz CT molecular complexity index is 532. The van der Waals surface area contributed by atoms with Crippen molar-refractivity contribution in [3.8, 4) is 5.75 Å². The number of rotatable bonds is 3. The van der Waals surface area contributed by atoms with Crippen molar-refractivity contribution in [2.24, 2.45) is 5.73 Å². The molecule has 1 heterocycles. The van der Waals surface area contributed by atoms with Gasteiger partial charge in [-0.15, -0.1) is 12.4 Å². The molecule has 4 nitrogen and oxygen atoms in total. The van der Waals surface area contributed by atoms with Gasteiger partial charge in [-0.2, -0.15) is 0 Å². The molecule has 110 valence electrons. The van der Waals surface area contributed by atoms with Crippen molar-refractivity contribution in [2.45, 2.75) is 13.0 Å². The van der Waals surface area contributed by atoms with E-state index in [9.17, 15) is 4.79 Å². The van der Waals surface area contributed by atoms with Gasteiger partial charge in [-0.3, -0.25) is 4.79 Å². The Hall–Kier alpha value is -1.23. The number of likely N-dealkylation sites (N-methyl/N-ethyl adjacent to an activating group) is 1. The van der Waals surface area contributed by atoms with Gasteiger partial charge in [-0.1, -0.05) is 11.6 Å². The van der Waals surface area contributed by atoms with Gasteiger partial charge in [-0.05, 0) is 31.2 Å². The van der Waals surface area contributed by atoms with Crippen molar-refractivity contribution >= 4 is 36.0 Å². The Morgan fingerprint density at radius 2 is 2.25 bits per heavy atom. The number of carbonyl (C=O) groups excluding carboxylic acids is 1. The second kappa shape index (κ2) is 6.97. The van der Waals surface area contributed by atoms with Crippen LogP contribution in [0.15, 0.2) is 23.8 Å². The SMILES string of the molecule is CC(CN)N(C)C(=O)C1=Cc2cc(Cl)ccc2OC1.Cl. The third-order valence-corrected chi connectivity index (χ3v) is 3.52. The molecule has 20 heavy (non-hydrogen) atoms. The Morgan fingerprint density at radius 1 is 1.55 bits per heavy atom. The van der Waals surface area contributed by atoms with Crippen molar-refractivity contribution in [1.82, 2.24) is 4.90 Å². The highest BCUT2D eigenvalue weighted by molar-refractivity contribution is 6.30. The highest BCUT2D eigenvalue weighted by Gasteiger charge is 2.22. The lowest BCUT2D eigenvalue weighted by Crippen LogP contribution is -2.41. The van der Waals surface area contributed by atoms with Gasteiger partial charge in [0.2, 0.25) is 0 Å². The van der Waals surface area contributed by atoms with Crippen LogP contribution in [0.4, 0.5) is 0 Å². The molecule has 6 heteroatoms. The first-order valence-corrected chi connectivity index (χ1v) is 6.51. The number of carbonyl (C=O) groups is 1. The van der Waals surface area contributed by atoms with E-state index < -0.39 is 0 Å². The number of hydrogen-bond acceptors (Lipinski definition) is 3. The van der Waals surface area contributed by atoms with Gasteiger partial charge < -0.3 is 15.4 Å². The minimum Gasteiger partial charge on any atom is -0.488 e. The first-order chi connectivity index (χ1) is 9.02. The summed E-state index contributed by atoms with van der Waals surface area (Å²) < 4.78 is 5.57. The highest BCUT2D eigenvalue weighted by Crippen LogP contribution is 2.29. The maximum absolute atomic E-state index is 12.3. The van der Waals surface area contributed by atoms with Gasteiger partial charge in [0.25, 0.3) is 5.91 Å². The first kappa shape index (κ1) is 16.8. The largest absolute Gasteiger partial charge is 0.488 e. The van der Waals surface area contributed by atoms with E-state index in [0.29, 0.717) is 17.1 Å². The minimum absolute atomic E-state index is 0. The van der Waals surface area contributed by atoms with Crippen molar-refractivity contribution in [3.63, 3.8) is 0 Å². The van der Waals surface area contributed by atoms with Gasteiger partial charge in [0, 0.05) is 30.2 Å². The van der Waals surface area contributed by atoms with Crippen LogP contribution in [-0.4, -0.2) is 37.0 Å². The van der Waals surface area contributed by atoms with Crippen LogP contribution in [0.1, 0.15) is 12.5 Å². The summed E-state index contributed by atoms with van der Waals surface area (Å²) in [5, 5.41) is 0.621. The van der Waals surface area contributed by atoms with Gasteiger partial charge >= 0.3 is 0 Å². The minimum atomic E-state index is -0.0661. The molecule has 1 amide bonds. The van der Waals surface area contributed by atoms with Gasteiger partial charge in [-0.25, -0.2) is 0 Å². The summed E-state index contributed by atoms with van der Waals surface area (Å²) in [6.07, 6.45) is 1.83. The lowest BCUT2D eigenvalue weighted by Gasteiger charge is -2.26. The molecule has 1 aromatic carbocycles. The Labute approximate surface area is 129 Å². The van der Waals surface area contributed by atoms with Crippen molar-refractivity contribution < 1.29 is 9.53 Å². The van der Waals surface area contributed by atoms with E-state index in [0.717, 1.165) is 11.3 Å². The molecule has 1 atom stereocenters. The van der Waals surface area contributed by atoms with Crippen LogP contribution in [0.5, 0.6) is 5.75 Å². The lowest BCUT2D eigenvalue weighted by atomic mass is 10.1. The van der Waals surface area contributed by atoms with Crippen LogP contribution in [0.25, 0.3) is 6.08 Å². The number of hydrogen-bond donors (Lipinski definition) is 1. The quantitative estimate of drug-likeness (QED) is 0.931. The zero-order valence-electron chi connectivity index (χ0n) is 11.4. The average Bonchev–Trinajstić information content (AvgIpc) is 2.43. The van der Waals surface area contributed by atoms with E-state index in [2.05, 4.69) is 0 Å². The number of nitrogens with two attached hydrogens (primary N) is 1. The number of nitrogens with zero attached hydrogens (tertiary/aromatic N) is 1. The third kappa shape index (κ3) is 3.45. The molecule has 0 radical (unpaired) electrons. The zero-order valence-corrected chi connectivity index (χ0v) is 13.0. The van der Waals surface area contributed by atoms with E-state index in [-0.39, 0.29) is 31.0 Å². The summed E-state index contributed by atoms with van der Waals surface area (Å²) in [6, 6.07) is 5.36. The predicted octanol–water partition coefficient (Wildman–Crippen LogP) is 2.34. The first-order valence-electron chi connectivity index (χ1n) is 6.13. The van der Waals surface area contributed by atoms with Crippen molar-refractivity contribution in [1.29, 1.82) is 0 Å². The molecule has 0 saturated heterocycles. The lowest BCUT2D eigenvalue weighted by molar-refractivity contribution is -0.127. The number of ether oxygens (including phenoxy) is 1. The molecule has 0 fully saturated rings. The summed E-state index contributed by atoms with van der Waals surface area (Å²) >= 11 is 5.94. The molecule has 2 N–H and O–H groups in total. The molecule has 0 bridgehead atoms. The molecule has 2 rings (SSSR count). The van der Waals surface area contributed by atoms with E-state index in [1.54, 1.807) is 24.1 Å². The average molecular weight is 317 g/mol. The van der Waals surface area contributed by atoms with Crippen LogP contribution in [0.3, 0.4) is 0 Å². The molecular weight excluding hydrogens is 299 g/mol. The molecule has 0 aliphatic carbocycles. The Balaban J connectivity index is 0.00000200. The standard InChI is InChI=1S/C14H17ClN2O2.ClH/c1-9(7-16)17(2)14(18)11-5-10-6-12(15)3-4-13(10)19-8-11;/h3-6,9H,7-8,16H2,1-2H3;1H. The fraction of sp³-hybridized carbons (Fsp3) is 0.357. The van der Waals surface area contributed by atoms with Gasteiger partial charge in [0.15, 0.2) is 0 Å². The number of benzene rings is 1. The smallest absolute Gasteiger partial charge is 0.253 e. The number of amides is 1. The predicted molar refractivity (Wildman–Crippen MR) is 83.5 cm³/mol. The van der Waals surface area contributed by atoms with Crippen LogP contribution >= 0.6 is 24.0 Å². The maximum Gasteiger partial charge on any atom is 0.253 e. The monoisotopic (exact) mass is 316 g/mol. The van der Waals surface area contributed by atoms with Crippen LogP contribution in [0.2, 0.25) is 5.02 Å². The van der Waals surface area contributed by atoms with E-state index in [4.69, 9.17) is 22.1 Å². The fourth-order valence-corrected chi connectivity index (χ4v) is 2.04. The summed E-state index contributed by atoms with van der Waals surface area (Å²) in [6.45, 7) is 2.61. The summed E-state index contributed by atoms with van der Waals surface area (Å²) in [5.74, 6) is 0.680. The summed E-state index contributed by atoms with van der Waals surface area (Å²) in [7, 11) is 1.74. The summed E-state index contributed by atoms with van der Waals surface area (Å²) in [5.41, 5.74) is 7.01. The van der Waals surface area contributed by atoms with Crippen molar-refractivity contribution in [3.05, 3.63) is 34.4 Å². The molecule has 1 unspecified atom stereocenters. The third-order valence-electron chi connectivity index (χ3n) is 3.28. The van der Waals surface area contributed by atoms with Crippen LogP contribution < -0.4 is 10.5 Å². The second-order valence-electron chi connectivity index (χ2n) is 4.64. The number of halogens is 2. The second-order valence-corrected chi connectivity index (χ2v) is 5.08. The van der Waals surface area contributed by atoms with E-state index in [1.165, 1.54) is 0 Å². The van der Waals surface area contributed by atoms with Gasteiger partial charge in [0.05, 0.1) is 5.57 Å². The number of fused-ring (bicyclic) bond motifs is 1. The topological polar surface area (TPSA) is 55.6 Å². The molecule has 1 aliphatic rings. The Kier molecular flexibility index (Phi) is 5.87. The molecule has 1 aromatic rings. The summed E-state index contributed by atoms with van der Waals surface area (Å²) in [4.78, 5) is 13.9. The van der Waals surface area contributed by atoms with Crippen LogP contribution in [0, 0.1) is 0 Å².